The van der Waals surface area contributed by atoms with E-state index in [1.165, 1.54) is 6.07 Å². The van der Waals surface area contributed by atoms with Gasteiger partial charge < -0.3 is 18.8 Å². The van der Waals surface area contributed by atoms with Crippen LogP contribution in [0, 0.1) is 4.77 Å². The van der Waals surface area contributed by atoms with E-state index in [4.69, 9.17) is 26.4 Å². The Balaban J connectivity index is 2.60. The summed E-state index contributed by atoms with van der Waals surface area (Å²) in [5.41, 5.74) is 1.26. The van der Waals surface area contributed by atoms with Crippen molar-refractivity contribution < 1.29 is 14.2 Å². The molecule has 0 aliphatic carbocycles. The topological polar surface area (TPSA) is 65.5 Å². The summed E-state index contributed by atoms with van der Waals surface area (Å²) < 4.78 is 17.8. The second-order valence-corrected chi connectivity index (χ2v) is 4.92. The summed E-state index contributed by atoms with van der Waals surface area (Å²) in [7, 11) is 4.76. The molecule has 22 heavy (non-hydrogen) atoms. The molecule has 6 nitrogen and oxygen atoms in total. The molecule has 0 saturated heterocycles. The van der Waals surface area contributed by atoms with Crippen molar-refractivity contribution in [2.75, 3.05) is 27.9 Å². The predicted molar refractivity (Wildman–Crippen MR) is 86.3 cm³/mol. The van der Waals surface area contributed by atoms with Gasteiger partial charge in [0.05, 0.1) is 26.5 Å². The fourth-order valence-corrected chi connectivity index (χ4v) is 2.45. The van der Waals surface area contributed by atoms with Crippen molar-refractivity contribution in [2.45, 2.75) is 6.54 Å². The summed E-state index contributed by atoms with van der Waals surface area (Å²) in [6.45, 7) is 1.02. The minimum Gasteiger partial charge on any atom is -0.493 e. The van der Waals surface area contributed by atoms with E-state index < -0.39 is 0 Å². The molecular formula is C15H18N2O4S. The Bertz CT molecular complexity index is 767. The summed E-state index contributed by atoms with van der Waals surface area (Å²) in [5, 5.41) is 0. The van der Waals surface area contributed by atoms with Crippen molar-refractivity contribution in [2.24, 2.45) is 0 Å². The molecule has 0 amide bonds. The second kappa shape index (κ2) is 7.24. The van der Waals surface area contributed by atoms with Crippen LogP contribution in [-0.4, -0.2) is 37.5 Å². The van der Waals surface area contributed by atoms with Crippen molar-refractivity contribution in [1.82, 2.24) is 9.55 Å². The van der Waals surface area contributed by atoms with Crippen molar-refractivity contribution >= 4 is 12.2 Å². The summed E-state index contributed by atoms with van der Waals surface area (Å²) in [5.74, 6) is 1.21. The van der Waals surface area contributed by atoms with Gasteiger partial charge in [0.25, 0.3) is 5.56 Å². The predicted octanol–water partition coefficient (Wildman–Crippen LogP) is 2.24. The molecule has 0 spiro atoms. The quantitative estimate of drug-likeness (QED) is 0.826. The maximum atomic E-state index is 11.8. The molecule has 0 aliphatic heterocycles. The highest BCUT2D eigenvalue weighted by atomic mass is 32.1. The lowest BCUT2D eigenvalue weighted by Gasteiger charge is -2.15. The summed E-state index contributed by atoms with van der Waals surface area (Å²) in [6, 6.07) is 6.96. The van der Waals surface area contributed by atoms with E-state index >= 15 is 0 Å². The van der Waals surface area contributed by atoms with Gasteiger partial charge in [-0.15, -0.1) is 0 Å². The first-order valence-corrected chi connectivity index (χ1v) is 7.07. The smallest absolute Gasteiger partial charge is 0.252 e. The molecule has 0 atom stereocenters. The molecule has 2 rings (SSSR count). The van der Waals surface area contributed by atoms with Crippen molar-refractivity contribution in [3.63, 3.8) is 0 Å². The van der Waals surface area contributed by atoms with Crippen LogP contribution in [0.2, 0.25) is 0 Å². The van der Waals surface area contributed by atoms with Crippen molar-refractivity contribution in [3.05, 3.63) is 39.4 Å². The molecule has 7 heteroatoms. The molecule has 1 N–H and O–H groups in total. The number of nitrogens with one attached hydrogen (secondary N) is 1. The third kappa shape index (κ3) is 3.37. The highest BCUT2D eigenvalue weighted by molar-refractivity contribution is 7.71. The number of hydrogen-bond acceptors (Lipinski definition) is 5. The fraction of sp³-hybridized carbons (Fsp3) is 0.333. The van der Waals surface area contributed by atoms with Crippen LogP contribution in [-0.2, 0) is 11.3 Å². The Labute approximate surface area is 133 Å². The van der Waals surface area contributed by atoms with E-state index in [0.29, 0.717) is 35.1 Å². The Kier molecular flexibility index (Phi) is 5.35. The maximum absolute atomic E-state index is 11.8. The van der Waals surface area contributed by atoms with Gasteiger partial charge in [-0.1, -0.05) is 0 Å². The SMILES string of the molecule is COCCn1c(-c2ccc(OC)c(OC)c2)cc(=O)[nH]c1=S. The Morgan fingerprint density at radius 1 is 1.14 bits per heavy atom. The van der Waals surface area contributed by atoms with E-state index in [-0.39, 0.29) is 5.56 Å². The van der Waals surface area contributed by atoms with Gasteiger partial charge in [-0.3, -0.25) is 9.78 Å². The zero-order valence-corrected chi connectivity index (χ0v) is 13.5. The van der Waals surface area contributed by atoms with Crippen LogP contribution < -0.4 is 15.0 Å². The zero-order chi connectivity index (χ0) is 16.1. The van der Waals surface area contributed by atoms with Gasteiger partial charge in [-0.05, 0) is 30.4 Å². The maximum Gasteiger partial charge on any atom is 0.252 e. The van der Waals surface area contributed by atoms with Crippen LogP contribution in [0.5, 0.6) is 11.5 Å². The first-order valence-electron chi connectivity index (χ1n) is 6.66. The standard InChI is InChI=1S/C15H18N2O4S/c1-19-7-6-17-11(9-14(18)16-15(17)22)10-4-5-12(20-2)13(8-10)21-3/h4-5,8-9H,6-7H2,1-3H3,(H,16,18,22). The third-order valence-corrected chi connectivity index (χ3v) is 3.55. The summed E-state index contributed by atoms with van der Waals surface area (Å²) in [6.07, 6.45) is 0. The number of hydrogen-bond donors (Lipinski definition) is 1. The van der Waals surface area contributed by atoms with Crippen LogP contribution in [0.25, 0.3) is 11.3 Å². The first-order chi connectivity index (χ1) is 10.6. The van der Waals surface area contributed by atoms with E-state index in [1.807, 2.05) is 16.7 Å². The van der Waals surface area contributed by atoms with Gasteiger partial charge in [0.2, 0.25) is 0 Å². The average molecular weight is 322 g/mol. The van der Waals surface area contributed by atoms with Crippen LogP contribution in [0.3, 0.4) is 0 Å². The van der Waals surface area contributed by atoms with E-state index in [2.05, 4.69) is 4.98 Å². The average Bonchev–Trinajstić information content (AvgIpc) is 2.52. The number of aromatic amines is 1. The first kappa shape index (κ1) is 16.3. The second-order valence-electron chi connectivity index (χ2n) is 4.54. The van der Waals surface area contributed by atoms with Gasteiger partial charge in [0.1, 0.15) is 0 Å². The van der Waals surface area contributed by atoms with Gasteiger partial charge in [-0.2, -0.15) is 0 Å². The molecular weight excluding hydrogens is 304 g/mol. The lowest BCUT2D eigenvalue weighted by Crippen LogP contribution is -2.16. The fourth-order valence-electron chi connectivity index (χ4n) is 2.16. The van der Waals surface area contributed by atoms with Crippen molar-refractivity contribution in [1.29, 1.82) is 0 Å². The monoisotopic (exact) mass is 322 g/mol. The molecule has 0 radical (unpaired) electrons. The van der Waals surface area contributed by atoms with Gasteiger partial charge >= 0.3 is 0 Å². The van der Waals surface area contributed by atoms with Gasteiger partial charge in [-0.25, -0.2) is 0 Å². The third-order valence-electron chi connectivity index (χ3n) is 3.23. The number of nitrogens with zero attached hydrogens (tertiary/aromatic N) is 1. The zero-order valence-electron chi connectivity index (χ0n) is 12.7. The molecule has 118 valence electrons. The number of ether oxygens (including phenoxy) is 3. The minimum atomic E-state index is -0.247. The molecule has 0 bridgehead atoms. The highest BCUT2D eigenvalue weighted by Gasteiger charge is 2.10. The number of benzene rings is 1. The summed E-state index contributed by atoms with van der Waals surface area (Å²) >= 11 is 5.25. The normalized spacial score (nSPS) is 10.5. The van der Waals surface area contributed by atoms with Gasteiger partial charge in [0.15, 0.2) is 16.3 Å². The van der Waals surface area contributed by atoms with Crippen LogP contribution in [0.15, 0.2) is 29.1 Å². The summed E-state index contributed by atoms with van der Waals surface area (Å²) in [4.78, 5) is 14.4. The van der Waals surface area contributed by atoms with Crippen LogP contribution in [0.4, 0.5) is 0 Å². The van der Waals surface area contributed by atoms with E-state index in [1.54, 1.807) is 27.4 Å². The number of H-pyrrole nitrogens is 1. The Hall–Kier alpha value is -2.12. The van der Waals surface area contributed by atoms with E-state index in [9.17, 15) is 4.79 Å². The molecule has 1 heterocycles. The molecule has 0 unspecified atom stereocenters. The van der Waals surface area contributed by atoms with Crippen molar-refractivity contribution in [3.8, 4) is 22.8 Å². The van der Waals surface area contributed by atoms with Crippen LogP contribution in [0.1, 0.15) is 0 Å². The Morgan fingerprint density at radius 2 is 1.86 bits per heavy atom. The molecule has 0 aliphatic rings. The Morgan fingerprint density at radius 3 is 2.50 bits per heavy atom. The van der Waals surface area contributed by atoms with E-state index in [0.717, 1.165) is 5.56 Å². The highest BCUT2D eigenvalue weighted by Crippen LogP contribution is 2.31. The molecule has 1 aromatic heterocycles. The number of rotatable bonds is 6. The molecule has 0 fully saturated rings. The number of aromatic nitrogens is 2. The lowest BCUT2D eigenvalue weighted by atomic mass is 10.1. The molecule has 0 saturated carbocycles. The lowest BCUT2D eigenvalue weighted by molar-refractivity contribution is 0.186. The molecule has 1 aromatic carbocycles. The number of methoxy groups -OCH3 is 3. The largest absolute Gasteiger partial charge is 0.493 e. The molecule has 2 aromatic rings. The minimum absolute atomic E-state index is 0.247. The van der Waals surface area contributed by atoms with Crippen LogP contribution >= 0.6 is 12.2 Å². The van der Waals surface area contributed by atoms with Gasteiger partial charge in [0, 0.05) is 25.3 Å².